The Morgan fingerprint density at radius 3 is 2.46 bits per heavy atom. The molecule has 13 nitrogen and oxygen atoms in total. The topological polar surface area (TPSA) is 164 Å². The van der Waals surface area contributed by atoms with Gasteiger partial charge in [-0.1, -0.05) is 65.8 Å². The van der Waals surface area contributed by atoms with Gasteiger partial charge in [-0.05, 0) is 80.8 Å². The smallest absolute Gasteiger partial charge is 0.303 e. The highest BCUT2D eigenvalue weighted by Gasteiger charge is 2.66. The fourth-order valence-electron chi connectivity index (χ4n) is 13.3. The molecule has 9 aliphatic heterocycles. The number of piperidine rings is 1. The monoisotopic (exact) mass is 856 g/mol. The Hall–Kier alpha value is -1.75. The Morgan fingerprint density at radius 2 is 1.69 bits per heavy atom. The van der Waals surface area contributed by atoms with Gasteiger partial charge in [0.15, 0.2) is 23.1 Å². The van der Waals surface area contributed by atoms with E-state index in [2.05, 4.69) is 46.5 Å². The van der Waals surface area contributed by atoms with Crippen LogP contribution in [0.5, 0.6) is 0 Å². The zero-order valence-corrected chi connectivity index (χ0v) is 37.6. The maximum absolute atomic E-state index is 12.9. The lowest BCUT2D eigenvalue weighted by Crippen LogP contribution is -2.67. The van der Waals surface area contributed by atoms with Crippen LogP contribution < -0.4 is 5.32 Å². The first-order valence-electron chi connectivity index (χ1n) is 23.6. The van der Waals surface area contributed by atoms with Gasteiger partial charge in [0.1, 0.15) is 23.5 Å². The SMILES string of the molecule is C=C(C[C@@]12C[C@H](C)C[C@@H](O1)[C@@H]1O[C@@]3(C[C@@H]1O2)NC[C@@H](C)C[C@H]3C)[C@H]1O[C@@](O)([C@@H](O)[C@@]2(/C=C/CCC(=O)O)CC(C)=C[C@]3(CC[C@@]4(O[C@H]5CCO[C@H]5C[C@@H]4C)O3)O2)[C@H](C)C[C@@H]1C. The number of allylic oxidation sites excluding steroid dienone is 1. The standard InChI is InChI=1S/C48H73NO12/c1-27-18-37-41-38(25-46(58-41)32(6)17-28(2)26-49-46)56-45(22-27,55-37)24-31(5)40-30(4)19-34(8)48(53,59-40)42(52)43(13-10-9-11-39(50)51)21-29(3)23-44(60-43)14-15-47(61-44)33(7)20-36-35(57-47)12-16-54-36/h10,13,23,27-28,30,32-38,40-42,49,52-53H,5,9,11-12,14-22,24-26H2,1-4,6-8H3,(H,50,51)/b13-10+/t27-,28+,30+,32-,33+,34-,35+,36+,37-,38+,40+,41+,42+,43-,44-,45+,46-,47-,48-/m1/s1. The van der Waals surface area contributed by atoms with Crippen molar-refractivity contribution in [1.29, 1.82) is 0 Å². The highest BCUT2D eigenvalue weighted by atomic mass is 16.8. The third kappa shape index (κ3) is 7.85. The second-order valence-electron chi connectivity index (χ2n) is 21.5. The molecular weight excluding hydrogens is 783 g/mol. The molecule has 8 saturated heterocycles. The van der Waals surface area contributed by atoms with Gasteiger partial charge in [-0.2, -0.15) is 0 Å². The van der Waals surface area contributed by atoms with Crippen LogP contribution in [0.25, 0.3) is 0 Å². The van der Waals surface area contributed by atoms with Crippen LogP contribution in [0.4, 0.5) is 0 Å². The first-order chi connectivity index (χ1) is 28.8. The van der Waals surface area contributed by atoms with E-state index in [1.807, 2.05) is 19.9 Å². The third-order valence-corrected chi connectivity index (χ3v) is 16.2. The molecule has 0 aromatic heterocycles. The summed E-state index contributed by atoms with van der Waals surface area (Å²) >= 11 is 0. The van der Waals surface area contributed by atoms with Gasteiger partial charge in [-0.15, -0.1) is 0 Å². The van der Waals surface area contributed by atoms with E-state index in [-0.39, 0.29) is 61.6 Å². The van der Waals surface area contributed by atoms with Crippen LogP contribution in [0.15, 0.2) is 36.0 Å². The van der Waals surface area contributed by atoms with Crippen LogP contribution in [0.2, 0.25) is 0 Å². The molecule has 9 aliphatic rings. The van der Waals surface area contributed by atoms with Crippen molar-refractivity contribution in [2.75, 3.05) is 13.2 Å². The lowest BCUT2D eigenvalue weighted by atomic mass is 9.72. The van der Waals surface area contributed by atoms with Gasteiger partial charge in [0.25, 0.3) is 0 Å². The Kier molecular flexibility index (Phi) is 11.7. The quantitative estimate of drug-likeness (QED) is 0.183. The highest BCUT2D eigenvalue weighted by molar-refractivity contribution is 5.66. The van der Waals surface area contributed by atoms with Crippen molar-refractivity contribution in [2.24, 2.45) is 35.5 Å². The van der Waals surface area contributed by atoms with Crippen LogP contribution in [-0.4, -0.2) is 112 Å². The fourth-order valence-corrected chi connectivity index (χ4v) is 13.3. The Labute approximate surface area is 362 Å². The van der Waals surface area contributed by atoms with Crippen LogP contribution in [0.3, 0.4) is 0 Å². The van der Waals surface area contributed by atoms with Gasteiger partial charge in [0, 0.05) is 69.9 Å². The summed E-state index contributed by atoms with van der Waals surface area (Å²) < 4.78 is 54.6. The van der Waals surface area contributed by atoms with Crippen LogP contribution in [-0.2, 0) is 42.7 Å². The maximum Gasteiger partial charge on any atom is 0.303 e. The van der Waals surface area contributed by atoms with Gasteiger partial charge < -0.3 is 53.2 Å². The summed E-state index contributed by atoms with van der Waals surface area (Å²) in [6.07, 6.45) is 10.2. The molecule has 19 atom stereocenters. The molecule has 0 saturated carbocycles. The molecule has 9 rings (SSSR count). The highest BCUT2D eigenvalue weighted by Crippen LogP contribution is 2.57. The number of carboxylic acids is 1. The maximum atomic E-state index is 12.9. The zero-order valence-electron chi connectivity index (χ0n) is 37.6. The Morgan fingerprint density at radius 1 is 0.902 bits per heavy atom. The molecule has 342 valence electrons. The number of aliphatic carboxylic acids is 1. The molecule has 0 unspecified atom stereocenters. The van der Waals surface area contributed by atoms with Gasteiger partial charge in [-0.3, -0.25) is 10.1 Å². The van der Waals surface area contributed by atoms with Crippen molar-refractivity contribution >= 4 is 5.97 Å². The number of aliphatic hydroxyl groups is 2. The van der Waals surface area contributed by atoms with E-state index in [4.69, 9.17) is 37.9 Å². The van der Waals surface area contributed by atoms with Crippen molar-refractivity contribution in [2.45, 2.75) is 209 Å². The van der Waals surface area contributed by atoms with Crippen LogP contribution in [0, 0.1) is 35.5 Å². The molecule has 0 aliphatic carbocycles. The van der Waals surface area contributed by atoms with Crippen molar-refractivity contribution in [3.8, 4) is 0 Å². The first kappa shape index (κ1) is 44.5. The molecule has 0 amide bonds. The second kappa shape index (κ2) is 16.0. The van der Waals surface area contributed by atoms with E-state index in [9.17, 15) is 20.1 Å². The molecule has 3 spiro atoms. The number of carboxylic acid groups (broad SMARTS) is 1. The van der Waals surface area contributed by atoms with E-state index in [0.29, 0.717) is 56.5 Å². The molecule has 8 fully saturated rings. The largest absolute Gasteiger partial charge is 0.481 e. The van der Waals surface area contributed by atoms with Crippen molar-refractivity contribution in [3.05, 3.63) is 36.0 Å². The van der Waals surface area contributed by atoms with Crippen molar-refractivity contribution in [3.63, 3.8) is 0 Å². The molecule has 61 heavy (non-hydrogen) atoms. The van der Waals surface area contributed by atoms with Crippen LogP contribution in [0.1, 0.15) is 132 Å². The second-order valence-corrected chi connectivity index (χ2v) is 21.5. The lowest BCUT2D eigenvalue weighted by molar-refractivity contribution is -0.392. The number of nitrogens with one attached hydrogen (secondary N) is 1. The summed E-state index contributed by atoms with van der Waals surface area (Å²) in [6.45, 7) is 21.1. The molecule has 0 radical (unpaired) electrons. The Balaban J connectivity index is 0.969. The third-order valence-electron chi connectivity index (χ3n) is 16.2. The van der Waals surface area contributed by atoms with Crippen LogP contribution >= 0.6 is 0 Å². The minimum atomic E-state index is -2.08. The molecule has 13 heteroatoms. The number of carbonyl (C=O) groups is 1. The summed E-state index contributed by atoms with van der Waals surface area (Å²) in [5.41, 5.74) is -0.318. The normalized spacial score (nSPS) is 52.4. The van der Waals surface area contributed by atoms with E-state index in [1.165, 1.54) is 0 Å². The minimum absolute atomic E-state index is 0.0264. The van der Waals surface area contributed by atoms with Gasteiger partial charge in [0.05, 0.1) is 30.5 Å². The molecule has 2 bridgehead atoms. The predicted molar refractivity (Wildman–Crippen MR) is 224 cm³/mol. The van der Waals surface area contributed by atoms with Gasteiger partial charge >= 0.3 is 5.97 Å². The summed E-state index contributed by atoms with van der Waals surface area (Å²) in [7, 11) is 0. The van der Waals surface area contributed by atoms with E-state index < -0.39 is 58.6 Å². The number of hydrogen-bond acceptors (Lipinski definition) is 12. The number of fused-ring (bicyclic) bond motifs is 5. The van der Waals surface area contributed by atoms with E-state index >= 15 is 0 Å². The predicted octanol–water partition coefficient (Wildman–Crippen LogP) is 6.65. The Bertz CT molecular complexity index is 1760. The lowest BCUT2D eigenvalue weighted by Gasteiger charge is -2.55. The average Bonchev–Trinajstić information content (AvgIpc) is 3.89. The molecule has 0 aromatic rings. The molecular formula is C48H73NO12. The molecule has 0 aromatic carbocycles. The summed E-state index contributed by atoms with van der Waals surface area (Å²) in [5, 5.41) is 39.1. The van der Waals surface area contributed by atoms with E-state index in [1.54, 1.807) is 12.2 Å². The number of aliphatic hydroxyl groups excluding tert-OH is 1. The summed E-state index contributed by atoms with van der Waals surface area (Å²) in [4.78, 5) is 11.6. The van der Waals surface area contributed by atoms with E-state index in [0.717, 1.165) is 49.8 Å². The van der Waals surface area contributed by atoms with Gasteiger partial charge in [0.2, 0.25) is 0 Å². The van der Waals surface area contributed by atoms with Gasteiger partial charge in [-0.25, -0.2) is 0 Å². The average molecular weight is 856 g/mol. The van der Waals surface area contributed by atoms with Crippen molar-refractivity contribution < 1.29 is 58.0 Å². The number of rotatable bonds is 9. The summed E-state index contributed by atoms with van der Waals surface area (Å²) in [6, 6.07) is 0. The number of ether oxygens (including phenoxy) is 8. The number of hydrogen-bond donors (Lipinski definition) is 4. The van der Waals surface area contributed by atoms with Crippen molar-refractivity contribution in [1.82, 2.24) is 5.32 Å². The first-order valence-corrected chi connectivity index (χ1v) is 23.6. The fraction of sp³-hybridized carbons (Fsp3) is 0.854. The zero-order chi connectivity index (χ0) is 43.3. The minimum Gasteiger partial charge on any atom is -0.481 e. The molecule has 4 N–H and O–H groups in total. The molecule has 9 heterocycles. The summed E-state index contributed by atoms with van der Waals surface area (Å²) in [5.74, 6) is -5.36.